The van der Waals surface area contributed by atoms with Crippen molar-refractivity contribution in [3.63, 3.8) is 0 Å². The normalized spacial score (nSPS) is 16.7. The predicted molar refractivity (Wildman–Crippen MR) is 103 cm³/mol. The Labute approximate surface area is 163 Å². The summed E-state index contributed by atoms with van der Waals surface area (Å²) in [6, 6.07) is 2.81. The van der Waals surface area contributed by atoms with Gasteiger partial charge in [0.05, 0.1) is 20.8 Å². The lowest BCUT2D eigenvalue weighted by Gasteiger charge is -2.21. The van der Waals surface area contributed by atoms with Crippen molar-refractivity contribution in [1.29, 1.82) is 0 Å². The Morgan fingerprint density at radius 2 is 2.00 bits per heavy atom. The van der Waals surface area contributed by atoms with Crippen LogP contribution in [0, 0.1) is 5.82 Å². The van der Waals surface area contributed by atoms with Gasteiger partial charge in [-0.3, -0.25) is 4.57 Å². The average molecular weight is 401 g/mol. The highest BCUT2D eigenvalue weighted by atomic mass is 35.5. The van der Waals surface area contributed by atoms with Crippen molar-refractivity contribution in [2.75, 3.05) is 27.3 Å². The number of aromatic nitrogens is 3. The van der Waals surface area contributed by atoms with E-state index in [0.29, 0.717) is 23.6 Å². The van der Waals surface area contributed by atoms with Gasteiger partial charge in [0.1, 0.15) is 11.6 Å². The number of hydrogen-bond acceptors (Lipinski definition) is 5. The molecule has 0 saturated carbocycles. The van der Waals surface area contributed by atoms with E-state index >= 15 is 0 Å². The maximum atomic E-state index is 14.4. The van der Waals surface area contributed by atoms with Crippen LogP contribution in [-0.2, 0) is 13.1 Å². The van der Waals surface area contributed by atoms with Gasteiger partial charge in [-0.2, -0.15) is 5.10 Å². The summed E-state index contributed by atoms with van der Waals surface area (Å²) >= 11 is 0. The second-order valence-electron chi connectivity index (χ2n) is 6.38. The van der Waals surface area contributed by atoms with E-state index in [1.165, 1.54) is 25.0 Å². The molecular formula is C18H26ClFN4O3. The maximum absolute atomic E-state index is 14.4. The monoisotopic (exact) mass is 400 g/mol. The van der Waals surface area contributed by atoms with Crippen LogP contribution in [-0.4, -0.2) is 41.7 Å². The zero-order valence-corrected chi connectivity index (χ0v) is 16.6. The molecule has 7 nitrogen and oxygen atoms in total. The standard InChI is InChI=1S/C18H25FN4O3.ClH/c1-4-22-17(12-6-5-7-20-10-12)21-23(18(22)24)11-13-8-15(25-2)16(26-3)9-14(13)19;/h8-9,12,20H,4-7,10-11H2,1-3H3;1H. The van der Waals surface area contributed by atoms with Gasteiger partial charge < -0.3 is 14.8 Å². The third-order valence-electron chi connectivity index (χ3n) is 4.80. The minimum Gasteiger partial charge on any atom is -0.493 e. The molecule has 1 fully saturated rings. The van der Waals surface area contributed by atoms with Gasteiger partial charge in [0.2, 0.25) is 0 Å². The Kier molecular flexibility index (Phi) is 7.26. The van der Waals surface area contributed by atoms with Crippen molar-refractivity contribution < 1.29 is 13.9 Å². The van der Waals surface area contributed by atoms with E-state index in [2.05, 4.69) is 10.4 Å². The minimum atomic E-state index is -0.457. The van der Waals surface area contributed by atoms with E-state index < -0.39 is 5.82 Å². The number of nitrogens with one attached hydrogen (secondary N) is 1. The molecule has 9 heteroatoms. The summed E-state index contributed by atoms with van der Waals surface area (Å²) in [6.07, 6.45) is 2.05. The fraction of sp³-hybridized carbons (Fsp3) is 0.556. The van der Waals surface area contributed by atoms with Gasteiger partial charge in [-0.25, -0.2) is 13.9 Å². The Hall–Kier alpha value is -2.06. The molecule has 1 aliphatic heterocycles. The number of methoxy groups -OCH3 is 2. The third kappa shape index (κ3) is 4.27. The molecule has 0 radical (unpaired) electrons. The van der Waals surface area contributed by atoms with Gasteiger partial charge in [0.25, 0.3) is 0 Å². The van der Waals surface area contributed by atoms with Crippen LogP contribution in [0.15, 0.2) is 16.9 Å². The first-order valence-corrected chi connectivity index (χ1v) is 8.87. The Morgan fingerprint density at radius 3 is 2.59 bits per heavy atom. The van der Waals surface area contributed by atoms with Gasteiger partial charge in [-0.1, -0.05) is 0 Å². The first kappa shape index (κ1) is 21.2. The molecule has 1 atom stereocenters. The summed E-state index contributed by atoms with van der Waals surface area (Å²) in [5, 5.41) is 7.87. The number of benzene rings is 1. The molecule has 27 heavy (non-hydrogen) atoms. The molecule has 1 aliphatic rings. The van der Waals surface area contributed by atoms with Crippen LogP contribution in [0.3, 0.4) is 0 Å². The average Bonchev–Trinajstić information content (AvgIpc) is 2.99. The maximum Gasteiger partial charge on any atom is 0.346 e. The van der Waals surface area contributed by atoms with Gasteiger partial charge >= 0.3 is 5.69 Å². The van der Waals surface area contributed by atoms with E-state index in [-0.39, 0.29) is 30.6 Å². The fourth-order valence-corrected chi connectivity index (χ4v) is 3.41. The van der Waals surface area contributed by atoms with Gasteiger partial charge in [0.15, 0.2) is 11.5 Å². The van der Waals surface area contributed by atoms with Crippen molar-refractivity contribution in [1.82, 2.24) is 19.7 Å². The lowest BCUT2D eigenvalue weighted by Crippen LogP contribution is -2.31. The molecule has 1 unspecified atom stereocenters. The Morgan fingerprint density at radius 1 is 1.30 bits per heavy atom. The van der Waals surface area contributed by atoms with Crippen LogP contribution in [0.5, 0.6) is 11.5 Å². The molecule has 0 bridgehead atoms. The molecule has 0 spiro atoms. The van der Waals surface area contributed by atoms with Crippen LogP contribution in [0.1, 0.15) is 37.1 Å². The molecule has 2 aromatic rings. The molecule has 3 rings (SSSR count). The van der Waals surface area contributed by atoms with E-state index in [1.54, 1.807) is 10.6 Å². The first-order chi connectivity index (χ1) is 12.6. The summed E-state index contributed by atoms with van der Waals surface area (Å²) in [5.41, 5.74) is 0.112. The molecule has 0 aliphatic carbocycles. The first-order valence-electron chi connectivity index (χ1n) is 8.87. The van der Waals surface area contributed by atoms with Crippen molar-refractivity contribution in [3.05, 3.63) is 39.8 Å². The summed E-state index contributed by atoms with van der Waals surface area (Å²) < 4.78 is 27.8. The number of nitrogens with zero attached hydrogens (tertiary/aromatic N) is 3. The second kappa shape index (κ2) is 9.23. The minimum absolute atomic E-state index is 0. The highest BCUT2D eigenvalue weighted by Crippen LogP contribution is 2.30. The van der Waals surface area contributed by atoms with Crippen molar-refractivity contribution >= 4 is 12.4 Å². The molecule has 1 aromatic heterocycles. The molecule has 2 heterocycles. The fourth-order valence-electron chi connectivity index (χ4n) is 3.41. The number of piperidine rings is 1. The summed E-state index contributed by atoms with van der Waals surface area (Å²) in [5.74, 6) is 1.25. The van der Waals surface area contributed by atoms with E-state index in [9.17, 15) is 9.18 Å². The largest absolute Gasteiger partial charge is 0.493 e. The van der Waals surface area contributed by atoms with Crippen molar-refractivity contribution in [2.24, 2.45) is 0 Å². The van der Waals surface area contributed by atoms with Crippen molar-refractivity contribution in [2.45, 2.75) is 38.8 Å². The highest BCUT2D eigenvalue weighted by Gasteiger charge is 2.24. The van der Waals surface area contributed by atoms with E-state index in [4.69, 9.17) is 9.47 Å². The number of hydrogen-bond donors (Lipinski definition) is 1. The van der Waals surface area contributed by atoms with Gasteiger partial charge in [0, 0.05) is 30.6 Å². The van der Waals surface area contributed by atoms with E-state index in [1.807, 2.05) is 6.92 Å². The molecule has 150 valence electrons. The summed E-state index contributed by atoms with van der Waals surface area (Å²) in [7, 11) is 2.95. The number of ether oxygens (including phenoxy) is 2. The quantitative estimate of drug-likeness (QED) is 0.804. The molecule has 1 aromatic carbocycles. The third-order valence-corrected chi connectivity index (χ3v) is 4.80. The van der Waals surface area contributed by atoms with Crippen LogP contribution >= 0.6 is 12.4 Å². The predicted octanol–water partition coefficient (Wildman–Crippen LogP) is 2.16. The zero-order chi connectivity index (χ0) is 18.7. The van der Waals surface area contributed by atoms with Crippen LogP contribution in [0.4, 0.5) is 4.39 Å². The lowest BCUT2D eigenvalue weighted by molar-refractivity contribution is 0.351. The summed E-state index contributed by atoms with van der Waals surface area (Å²) in [6.45, 7) is 4.31. The van der Waals surface area contributed by atoms with Gasteiger partial charge in [-0.15, -0.1) is 12.4 Å². The number of halogens is 2. The van der Waals surface area contributed by atoms with Crippen LogP contribution in [0.25, 0.3) is 0 Å². The molecule has 1 saturated heterocycles. The van der Waals surface area contributed by atoms with Gasteiger partial charge in [-0.05, 0) is 32.4 Å². The van der Waals surface area contributed by atoms with E-state index in [0.717, 1.165) is 31.8 Å². The Balaban J connectivity index is 0.00000261. The molecular weight excluding hydrogens is 375 g/mol. The zero-order valence-electron chi connectivity index (χ0n) is 15.8. The number of rotatable bonds is 6. The lowest BCUT2D eigenvalue weighted by atomic mass is 9.99. The Bertz CT molecular complexity index is 831. The SMILES string of the molecule is CCn1c(C2CCCNC2)nn(Cc2cc(OC)c(OC)cc2F)c1=O.Cl. The highest BCUT2D eigenvalue weighted by molar-refractivity contribution is 5.85. The smallest absolute Gasteiger partial charge is 0.346 e. The second-order valence-corrected chi connectivity index (χ2v) is 6.38. The summed E-state index contributed by atoms with van der Waals surface area (Å²) in [4.78, 5) is 12.7. The van der Waals surface area contributed by atoms with Crippen LogP contribution < -0.4 is 20.5 Å². The topological polar surface area (TPSA) is 70.3 Å². The molecule has 1 N–H and O–H groups in total. The van der Waals surface area contributed by atoms with Crippen LogP contribution in [0.2, 0.25) is 0 Å². The van der Waals surface area contributed by atoms with Crippen molar-refractivity contribution in [3.8, 4) is 11.5 Å². The molecule has 0 amide bonds.